The molecule has 2 atom stereocenters. The Morgan fingerprint density at radius 1 is 1.50 bits per heavy atom. The largest absolute Gasteiger partial charge is 0.397 e. The van der Waals surface area contributed by atoms with Gasteiger partial charge in [-0.15, -0.1) is 0 Å². The third-order valence-corrected chi connectivity index (χ3v) is 5.55. The lowest BCUT2D eigenvalue weighted by Crippen LogP contribution is -2.32. The third-order valence-electron chi connectivity index (χ3n) is 3.64. The van der Waals surface area contributed by atoms with E-state index in [1.165, 1.54) is 12.1 Å². The summed E-state index contributed by atoms with van der Waals surface area (Å²) in [6.45, 7) is 4.73. The second kappa shape index (κ2) is 5.89. The zero-order chi connectivity index (χ0) is 14.9. The summed E-state index contributed by atoms with van der Waals surface area (Å²) in [6, 6.07) is 2.90. The molecule has 0 radical (unpaired) electrons. The molecule has 112 valence electrons. The molecule has 1 aliphatic heterocycles. The fourth-order valence-corrected chi connectivity index (χ4v) is 3.59. The van der Waals surface area contributed by atoms with Crippen molar-refractivity contribution in [2.24, 2.45) is 5.92 Å². The minimum absolute atomic E-state index is 0.0784. The molecule has 1 fully saturated rings. The summed E-state index contributed by atoms with van der Waals surface area (Å²) in [5.74, 6) is 0.204. The first-order valence-corrected chi connectivity index (χ1v) is 8.34. The van der Waals surface area contributed by atoms with E-state index in [0.29, 0.717) is 23.7 Å². The van der Waals surface area contributed by atoms with E-state index in [-0.39, 0.29) is 22.6 Å². The molecule has 2 rings (SSSR count). The van der Waals surface area contributed by atoms with Gasteiger partial charge in [0.25, 0.3) is 0 Å². The summed E-state index contributed by atoms with van der Waals surface area (Å²) in [6.07, 6.45) is 0.945. The van der Waals surface area contributed by atoms with Gasteiger partial charge in [0.05, 0.1) is 21.7 Å². The van der Waals surface area contributed by atoms with Gasteiger partial charge in [0.1, 0.15) is 0 Å². The van der Waals surface area contributed by atoms with Crippen molar-refractivity contribution in [2.45, 2.75) is 31.3 Å². The summed E-state index contributed by atoms with van der Waals surface area (Å²) in [7, 11) is -3.58. The van der Waals surface area contributed by atoms with Gasteiger partial charge >= 0.3 is 0 Å². The van der Waals surface area contributed by atoms with E-state index in [2.05, 4.69) is 4.72 Å². The molecule has 0 amide bonds. The Kier molecular flexibility index (Phi) is 4.59. The molecule has 0 aliphatic carbocycles. The number of halogens is 1. The Bertz CT molecular complexity index is 581. The van der Waals surface area contributed by atoms with Crippen LogP contribution in [0.3, 0.4) is 0 Å². The first kappa shape index (κ1) is 15.6. The molecule has 0 aromatic heterocycles. The highest BCUT2D eigenvalue weighted by Crippen LogP contribution is 2.27. The molecule has 3 N–H and O–H groups in total. The number of nitrogen functional groups attached to an aromatic ring is 1. The van der Waals surface area contributed by atoms with Crippen LogP contribution < -0.4 is 10.5 Å². The van der Waals surface area contributed by atoms with Crippen LogP contribution in [0.5, 0.6) is 0 Å². The van der Waals surface area contributed by atoms with Gasteiger partial charge in [-0.25, -0.2) is 13.1 Å². The molecule has 7 heteroatoms. The van der Waals surface area contributed by atoms with Crippen molar-refractivity contribution in [1.82, 2.24) is 4.72 Å². The molecule has 2 unspecified atom stereocenters. The van der Waals surface area contributed by atoms with E-state index < -0.39 is 10.0 Å². The quantitative estimate of drug-likeness (QED) is 0.831. The van der Waals surface area contributed by atoms with Crippen molar-refractivity contribution < 1.29 is 13.2 Å². The Morgan fingerprint density at radius 3 is 2.75 bits per heavy atom. The number of nitrogens with two attached hydrogens (primary N) is 1. The smallest absolute Gasteiger partial charge is 0.240 e. The standard InChI is InChI=1S/C13H19ClN2O3S/c1-8-5-11(6-12(15)13(8)14)20(17,18)16-7-10-3-4-19-9(10)2/h5-6,9-10,16H,3-4,7,15H2,1-2H3. The third kappa shape index (κ3) is 3.25. The van der Waals surface area contributed by atoms with Crippen LogP contribution in [0, 0.1) is 12.8 Å². The number of benzene rings is 1. The highest BCUT2D eigenvalue weighted by atomic mass is 35.5. The topological polar surface area (TPSA) is 81.4 Å². The van der Waals surface area contributed by atoms with Gasteiger partial charge in [0.15, 0.2) is 0 Å². The van der Waals surface area contributed by atoms with Crippen molar-refractivity contribution in [1.29, 1.82) is 0 Å². The Labute approximate surface area is 124 Å². The van der Waals surface area contributed by atoms with Crippen molar-refractivity contribution in [2.75, 3.05) is 18.9 Å². The zero-order valence-corrected chi connectivity index (χ0v) is 13.1. The molecule has 1 aromatic rings. The maximum atomic E-state index is 12.3. The molecule has 0 saturated carbocycles. The first-order chi connectivity index (χ1) is 9.31. The Hall–Kier alpha value is -0.820. The van der Waals surface area contributed by atoms with Gasteiger partial charge in [0.2, 0.25) is 10.0 Å². The van der Waals surface area contributed by atoms with Crippen molar-refractivity contribution in [3.63, 3.8) is 0 Å². The van der Waals surface area contributed by atoms with Crippen LogP contribution in [-0.4, -0.2) is 27.7 Å². The van der Waals surface area contributed by atoms with Crippen LogP contribution in [-0.2, 0) is 14.8 Å². The summed E-state index contributed by atoms with van der Waals surface area (Å²) >= 11 is 5.94. The van der Waals surface area contributed by atoms with Crippen LogP contribution in [0.4, 0.5) is 5.69 Å². The van der Waals surface area contributed by atoms with Crippen LogP contribution in [0.2, 0.25) is 5.02 Å². The van der Waals surface area contributed by atoms with Crippen LogP contribution in [0.15, 0.2) is 17.0 Å². The normalized spacial score (nSPS) is 23.1. The number of ether oxygens (including phenoxy) is 1. The van der Waals surface area contributed by atoms with Gasteiger partial charge in [-0.05, 0) is 38.0 Å². The second-order valence-corrected chi connectivity index (χ2v) is 7.26. The average molecular weight is 319 g/mol. The minimum atomic E-state index is -3.58. The predicted octanol–water partition coefficient (Wildman–Crippen LogP) is 1.93. The maximum absolute atomic E-state index is 12.3. The molecular formula is C13H19ClN2O3S. The maximum Gasteiger partial charge on any atom is 0.240 e. The van der Waals surface area contributed by atoms with E-state index in [1.807, 2.05) is 6.92 Å². The summed E-state index contributed by atoms with van der Waals surface area (Å²) in [5.41, 5.74) is 6.63. The molecular weight excluding hydrogens is 300 g/mol. The van der Waals surface area contributed by atoms with E-state index in [1.54, 1.807) is 6.92 Å². The van der Waals surface area contributed by atoms with Crippen LogP contribution in [0.25, 0.3) is 0 Å². The molecule has 1 saturated heterocycles. The van der Waals surface area contributed by atoms with Crippen LogP contribution in [0.1, 0.15) is 18.9 Å². The number of hydrogen-bond donors (Lipinski definition) is 2. The predicted molar refractivity (Wildman–Crippen MR) is 79.3 cm³/mol. The Balaban J connectivity index is 2.14. The monoisotopic (exact) mass is 318 g/mol. The van der Waals surface area contributed by atoms with Crippen LogP contribution >= 0.6 is 11.6 Å². The van der Waals surface area contributed by atoms with Gasteiger partial charge < -0.3 is 10.5 Å². The fourth-order valence-electron chi connectivity index (χ4n) is 2.26. The average Bonchev–Trinajstić information content (AvgIpc) is 2.78. The molecule has 0 bridgehead atoms. The number of nitrogens with one attached hydrogen (secondary N) is 1. The highest BCUT2D eigenvalue weighted by molar-refractivity contribution is 7.89. The van der Waals surface area contributed by atoms with E-state index in [0.717, 1.165) is 6.42 Å². The lowest BCUT2D eigenvalue weighted by Gasteiger charge is -2.15. The number of aryl methyl sites for hydroxylation is 1. The second-order valence-electron chi connectivity index (χ2n) is 5.12. The molecule has 0 spiro atoms. The van der Waals surface area contributed by atoms with Gasteiger partial charge in [-0.2, -0.15) is 0 Å². The zero-order valence-electron chi connectivity index (χ0n) is 11.5. The van der Waals surface area contributed by atoms with Gasteiger partial charge in [0, 0.05) is 19.1 Å². The number of anilines is 1. The van der Waals surface area contributed by atoms with Crippen molar-refractivity contribution >= 4 is 27.3 Å². The SMILES string of the molecule is Cc1cc(S(=O)(=O)NCC2CCOC2C)cc(N)c1Cl. The van der Waals surface area contributed by atoms with E-state index >= 15 is 0 Å². The number of sulfonamides is 1. The summed E-state index contributed by atoms with van der Waals surface area (Å²) in [5, 5.41) is 0.391. The van der Waals surface area contributed by atoms with Crippen molar-refractivity contribution in [3.8, 4) is 0 Å². The van der Waals surface area contributed by atoms with E-state index in [4.69, 9.17) is 22.1 Å². The fraction of sp³-hybridized carbons (Fsp3) is 0.538. The van der Waals surface area contributed by atoms with Crippen molar-refractivity contribution in [3.05, 3.63) is 22.7 Å². The molecule has 5 nitrogen and oxygen atoms in total. The minimum Gasteiger partial charge on any atom is -0.397 e. The molecule has 1 heterocycles. The number of hydrogen-bond acceptors (Lipinski definition) is 4. The number of rotatable bonds is 4. The molecule has 1 aliphatic rings. The Morgan fingerprint density at radius 2 is 2.20 bits per heavy atom. The van der Waals surface area contributed by atoms with Gasteiger partial charge in [-0.3, -0.25) is 0 Å². The van der Waals surface area contributed by atoms with Gasteiger partial charge in [-0.1, -0.05) is 11.6 Å². The molecule has 1 aromatic carbocycles. The summed E-state index contributed by atoms with van der Waals surface area (Å²) in [4.78, 5) is 0.142. The summed E-state index contributed by atoms with van der Waals surface area (Å²) < 4.78 is 32.6. The molecule has 20 heavy (non-hydrogen) atoms. The van der Waals surface area contributed by atoms with E-state index in [9.17, 15) is 8.42 Å². The lowest BCUT2D eigenvalue weighted by atomic mass is 10.0. The lowest BCUT2D eigenvalue weighted by molar-refractivity contribution is 0.107. The first-order valence-electron chi connectivity index (χ1n) is 6.48. The highest BCUT2D eigenvalue weighted by Gasteiger charge is 2.26.